The predicted molar refractivity (Wildman–Crippen MR) is 30.7 cm³/mol. The van der Waals surface area contributed by atoms with E-state index in [1.807, 2.05) is 13.0 Å². The van der Waals surface area contributed by atoms with Crippen LogP contribution in [0, 0.1) is 0 Å². The fourth-order valence-corrected chi connectivity index (χ4v) is 1.47. The van der Waals surface area contributed by atoms with E-state index in [-0.39, 0.29) is 21.5 Å². The van der Waals surface area contributed by atoms with Crippen molar-refractivity contribution in [3.63, 3.8) is 0 Å². The number of aliphatic imine (C=N–C) groups is 1. The molecule has 0 saturated heterocycles. The number of halogens is 1. The van der Waals surface area contributed by atoms with Crippen molar-refractivity contribution in [1.82, 2.24) is 0 Å². The molecule has 0 spiro atoms. The van der Waals surface area contributed by atoms with Crippen molar-refractivity contribution in [2.24, 2.45) is 8.20 Å². The van der Waals surface area contributed by atoms with Crippen LogP contribution in [0.4, 0.5) is 0 Å². The third-order valence-electron chi connectivity index (χ3n) is 0.722. The summed E-state index contributed by atoms with van der Waals surface area (Å²) >= 11 is -0.0657. The summed E-state index contributed by atoms with van der Waals surface area (Å²) < 4.78 is 6.13. The zero-order chi connectivity index (χ0) is 5.82. The summed E-state index contributed by atoms with van der Waals surface area (Å²) in [6.07, 6.45) is 3.66. The molecular weight excluding hydrogens is 215 g/mol. The third kappa shape index (κ3) is 1.73. The molecule has 0 radical (unpaired) electrons. The van der Waals surface area contributed by atoms with Crippen LogP contribution in [0.25, 0.3) is 0 Å². The minimum absolute atomic E-state index is 0.0657. The van der Waals surface area contributed by atoms with E-state index in [0.717, 1.165) is 5.71 Å². The summed E-state index contributed by atoms with van der Waals surface area (Å²) in [6, 6.07) is 0. The molecule has 0 amide bonds. The molecule has 1 aliphatic rings. The van der Waals surface area contributed by atoms with Crippen LogP contribution in [0.2, 0.25) is 0 Å². The fourth-order valence-electron chi connectivity index (χ4n) is 0.333. The summed E-state index contributed by atoms with van der Waals surface area (Å²) in [5.41, 5.74) is 1.05. The van der Waals surface area contributed by atoms with Gasteiger partial charge in [0, 0.05) is 0 Å². The van der Waals surface area contributed by atoms with E-state index in [9.17, 15) is 0 Å². The Bertz CT molecular complexity index is 158. The van der Waals surface area contributed by atoms with Gasteiger partial charge in [-0.15, -0.1) is 0 Å². The van der Waals surface area contributed by atoms with Crippen molar-refractivity contribution in [2.45, 2.75) is 6.92 Å². The molecule has 1 heterocycles. The quantitative estimate of drug-likeness (QED) is 0.423. The van der Waals surface area contributed by atoms with E-state index >= 15 is 0 Å². The van der Waals surface area contributed by atoms with Gasteiger partial charge in [0.2, 0.25) is 0 Å². The minimum atomic E-state index is -0.0657. The van der Waals surface area contributed by atoms with Gasteiger partial charge in [-0.05, 0) is 0 Å². The normalized spacial score (nSPS) is 18.9. The number of hydrogen-bond acceptors (Lipinski definition) is 2. The van der Waals surface area contributed by atoms with Crippen LogP contribution in [-0.4, -0.2) is 12.1 Å². The molecule has 0 bridgehead atoms. The Morgan fingerprint density at radius 1 is 1.62 bits per heavy atom. The molecular formula is C5H6IN2-. The van der Waals surface area contributed by atoms with Crippen molar-refractivity contribution in [3.8, 4) is 0 Å². The van der Waals surface area contributed by atoms with Gasteiger partial charge in [0.15, 0.2) is 0 Å². The zero-order valence-electron chi connectivity index (χ0n) is 4.50. The molecule has 0 atom stereocenters. The van der Waals surface area contributed by atoms with Gasteiger partial charge in [-0.3, -0.25) is 0 Å². The van der Waals surface area contributed by atoms with E-state index in [4.69, 9.17) is 0 Å². The second kappa shape index (κ2) is 2.96. The van der Waals surface area contributed by atoms with Crippen molar-refractivity contribution in [2.75, 3.05) is 0 Å². The molecule has 0 N–H and O–H groups in total. The standard InChI is InChI=1S/C5H6IN2/c1-5-2-3-6-8-4-7-5/h2-4H,1H3/q-1. The van der Waals surface area contributed by atoms with Gasteiger partial charge < -0.3 is 0 Å². The van der Waals surface area contributed by atoms with Gasteiger partial charge in [-0.2, -0.15) is 0 Å². The van der Waals surface area contributed by atoms with Gasteiger partial charge in [0.1, 0.15) is 0 Å². The Labute approximate surface area is 59.0 Å². The first-order valence-electron chi connectivity index (χ1n) is 2.25. The first-order chi connectivity index (χ1) is 3.89. The SMILES string of the molecule is CC1=NC=N[I-]C=C1. The zero-order valence-corrected chi connectivity index (χ0v) is 6.66. The van der Waals surface area contributed by atoms with Gasteiger partial charge in [-0.1, -0.05) is 0 Å². The van der Waals surface area contributed by atoms with E-state index in [1.54, 1.807) is 6.34 Å². The second-order valence-electron chi connectivity index (χ2n) is 1.37. The van der Waals surface area contributed by atoms with Gasteiger partial charge >= 0.3 is 58.8 Å². The molecule has 1 aliphatic heterocycles. The molecule has 1 rings (SSSR count). The Kier molecular flexibility index (Phi) is 2.20. The number of allylic oxidation sites excluding steroid dienone is 1. The van der Waals surface area contributed by atoms with Gasteiger partial charge in [-0.25, -0.2) is 0 Å². The van der Waals surface area contributed by atoms with Crippen molar-refractivity contribution in [1.29, 1.82) is 0 Å². The van der Waals surface area contributed by atoms with Crippen LogP contribution >= 0.6 is 0 Å². The van der Waals surface area contributed by atoms with Crippen LogP contribution in [0.15, 0.2) is 18.4 Å². The van der Waals surface area contributed by atoms with Crippen molar-refractivity contribution >= 4 is 12.1 Å². The number of nitrogens with zero attached hydrogens (tertiary/aromatic N) is 2. The first kappa shape index (κ1) is 5.94. The molecule has 0 unspecified atom stereocenters. The summed E-state index contributed by atoms with van der Waals surface area (Å²) in [7, 11) is 0. The van der Waals surface area contributed by atoms with Crippen molar-refractivity contribution in [3.05, 3.63) is 10.2 Å². The summed E-state index contributed by atoms with van der Waals surface area (Å²) in [6.45, 7) is 1.97. The fraction of sp³-hybridized carbons (Fsp3) is 0.200. The van der Waals surface area contributed by atoms with Gasteiger partial charge in [0.25, 0.3) is 0 Å². The van der Waals surface area contributed by atoms with E-state index < -0.39 is 0 Å². The molecule has 3 heteroatoms. The molecule has 0 aromatic rings. The van der Waals surface area contributed by atoms with E-state index in [1.165, 1.54) is 0 Å². The summed E-state index contributed by atoms with van der Waals surface area (Å²) in [4.78, 5) is 3.99. The Morgan fingerprint density at radius 2 is 2.50 bits per heavy atom. The molecule has 0 aromatic heterocycles. The predicted octanol–water partition coefficient (Wildman–Crippen LogP) is -1.99. The summed E-state index contributed by atoms with van der Waals surface area (Å²) in [5.74, 6) is 0. The topological polar surface area (TPSA) is 24.7 Å². The van der Waals surface area contributed by atoms with Crippen LogP contribution in [-0.2, 0) is 0 Å². The van der Waals surface area contributed by atoms with Crippen LogP contribution in [0.5, 0.6) is 0 Å². The maximum absolute atomic E-state index is 4.03. The molecule has 0 fully saturated rings. The average molecular weight is 221 g/mol. The molecule has 0 aromatic carbocycles. The van der Waals surface area contributed by atoms with Crippen LogP contribution < -0.4 is 21.5 Å². The molecule has 2 nitrogen and oxygen atoms in total. The van der Waals surface area contributed by atoms with E-state index in [0.29, 0.717) is 0 Å². The monoisotopic (exact) mass is 221 g/mol. The third-order valence-corrected chi connectivity index (χ3v) is 1.97. The molecule has 0 saturated carbocycles. The maximum atomic E-state index is 4.03. The first-order valence-corrected chi connectivity index (χ1v) is 4.46. The second-order valence-corrected chi connectivity index (χ2v) is 3.21. The average Bonchev–Trinajstić information content (AvgIpc) is 1.94. The van der Waals surface area contributed by atoms with Crippen LogP contribution in [0.1, 0.15) is 6.92 Å². The van der Waals surface area contributed by atoms with E-state index in [2.05, 4.69) is 12.3 Å². The number of rotatable bonds is 0. The Balaban J connectivity index is 2.73. The molecule has 44 valence electrons. The van der Waals surface area contributed by atoms with Crippen LogP contribution in [0.3, 0.4) is 0 Å². The Morgan fingerprint density at radius 3 is 3.38 bits per heavy atom. The van der Waals surface area contributed by atoms with Gasteiger partial charge in [0.05, 0.1) is 0 Å². The molecule has 0 aliphatic carbocycles. The van der Waals surface area contributed by atoms with Crippen molar-refractivity contribution < 1.29 is 21.5 Å². The number of hydrogen-bond donors (Lipinski definition) is 0. The Hall–Kier alpha value is -0.190. The summed E-state index contributed by atoms with van der Waals surface area (Å²) in [5, 5.41) is 0. The molecule has 8 heavy (non-hydrogen) atoms.